The van der Waals surface area contributed by atoms with Crippen molar-refractivity contribution in [2.24, 2.45) is 0 Å². The Morgan fingerprint density at radius 1 is 1.24 bits per heavy atom. The second-order valence-corrected chi connectivity index (χ2v) is 5.02. The van der Waals surface area contributed by atoms with Gasteiger partial charge >= 0.3 is 5.97 Å². The maximum Gasteiger partial charge on any atom is 0.338 e. The van der Waals surface area contributed by atoms with E-state index in [2.05, 4.69) is 20.7 Å². The zero-order chi connectivity index (χ0) is 15.6. The fourth-order valence-corrected chi connectivity index (χ4v) is 2.22. The molecule has 2 rings (SSSR count). The van der Waals surface area contributed by atoms with E-state index < -0.39 is 16.7 Å². The van der Waals surface area contributed by atoms with E-state index in [1.807, 2.05) is 0 Å². The lowest BCUT2D eigenvalue weighted by molar-refractivity contribution is -0.384. The number of hydrogen-bond acceptors (Lipinski definition) is 4. The van der Waals surface area contributed by atoms with E-state index in [1.165, 1.54) is 37.4 Å². The van der Waals surface area contributed by atoms with Crippen molar-refractivity contribution in [1.82, 2.24) is 0 Å². The summed E-state index contributed by atoms with van der Waals surface area (Å²) < 4.78 is 19.0. The van der Waals surface area contributed by atoms with Crippen molar-refractivity contribution in [3.8, 4) is 11.1 Å². The van der Waals surface area contributed by atoms with Gasteiger partial charge in [-0.15, -0.1) is 0 Å². The molecule has 0 fully saturated rings. The van der Waals surface area contributed by atoms with Gasteiger partial charge in [-0.1, -0.05) is 15.9 Å². The third-order valence-electron chi connectivity index (χ3n) is 2.83. The van der Waals surface area contributed by atoms with Crippen molar-refractivity contribution in [3.63, 3.8) is 0 Å². The number of nitrogens with zero attached hydrogens (tertiary/aromatic N) is 1. The molecule has 0 bridgehead atoms. The lowest BCUT2D eigenvalue weighted by Gasteiger charge is -2.07. The van der Waals surface area contributed by atoms with Crippen LogP contribution in [0.5, 0.6) is 0 Å². The second kappa shape index (κ2) is 6.01. The van der Waals surface area contributed by atoms with Gasteiger partial charge in [0.2, 0.25) is 0 Å². The van der Waals surface area contributed by atoms with Gasteiger partial charge in [-0.05, 0) is 30.3 Å². The van der Waals surface area contributed by atoms with Crippen LogP contribution in [0.3, 0.4) is 0 Å². The van der Waals surface area contributed by atoms with Crippen LogP contribution in [0.1, 0.15) is 10.4 Å². The Kier molecular flexibility index (Phi) is 4.32. The number of rotatable bonds is 3. The molecule has 0 aromatic heterocycles. The number of methoxy groups -OCH3 is 1. The first-order valence-electron chi connectivity index (χ1n) is 5.76. The third-order valence-corrected chi connectivity index (χ3v) is 3.33. The smallest absolute Gasteiger partial charge is 0.338 e. The molecular weight excluding hydrogens is 345 g/mol. The minimum atomic E-state index is -0.695. The lowest BCUT2D eigenvalue weighted by Crippen LogP contribution is -2.03. The first kappa shape index (κ1) is 15.1. The first-order valence-corrected chi connectivity index (χ1v) is 6.55. The van der Waals surface area contributed by atoms with Crippen molar-refractivity contribution >= 4 is 27.6 Å². The van der Waals surface area contributed by atoms with E-state index in [1.54, 1.807) is 0 Å². The minimum absolute atomic E-state index is 0.0309. The molecule has 21 heavy (non-hydrogen) atoms. The summed E-state index contributed by atoms with van der Waals surface area (Å²) in [5.41, 5.74) is -0.169. The Hall–Kier alpha value is -2.28. The fourth-order valence-electron chi connectivity index (χ4n) is 1.86. The zero-order valence-electron chi connectivity index (χ0n) is 10.8. The van der Waals surface area contributed by atoms with Gasteiger partial charge in [0.15, 0.2) is 0 Å². The molecule has 0 unspecified atom stereocenters. The summed E-state index contributed by atoms with van der Waals surface area (Å²) in [6.45, 7) is 0. The van der Waals surface area contributed by atoms with E-state index in [0.29, 0.717) is 4.47 Å². The molecule has 0 heterocycles. The molecular formula is C14H9BrFNO4. The molecule has 0 N–H and O–H groups in total. The fraction of sp³-hybridized carbons (Fsp3) is 0.0714. The van der Waals surface area contributed by atoms with Gasteiger partial charge in [0.05, 0.1) is 23.2 Å². The van der Waals surface area contributed by atoms with E-state index in [9.17, 15) is 19.3 Å². The summed E-state index contributed by atoms with van der Waals surface area (Å²) in [5.74, 6) is -1.29. The normalized spacial score (nSPS) is 10.2. The van der Waals surface area contributed by atoms with Crippen molar-refractivity contribution in [2.45, 2.75) is 0 Å². The molecule has 0 aliphatic rings. The Labute approximate surface area is 127 Å². The van der Waals surface area contributed by atoms with Gasteiger partial charge in [-0.2, -0.15) is 0 Å². The van der Waals surface area contributed by atoms with Crippen LogP contribution in [-0.4, -0.2) is 18.0 Å². The van der Waals surface area contributed by atoms with Crippen LogP contribution in [0.2, 0.25) is 0 Å². The minimum Gasteiger partial charge on any atom is -0.465 e. The highest BCUT2D eigenvalue weighted by Crippen LogP contribution is 2.34. The van der Waals surface area contributed by atoms with Crippen molar-refractivity contribution in [3.05, 3.63) is 62.4 Å². The molecule has 0 atom stereocenters. The number of carbonyl (C=O) groups excluding carboxylic acids is 1. The highest BCUT2D eigenvalue weighted by atomic mass is 79.9. The van der Waals surface area contributed by atoms with Crippen LogP contribution in [0.4, 0.5) is 10.1 Å². The Balaban J connectivity index is 2.66. The molecule has 0 amide bonds. The maximum atomic E-state index is 13.9. The van der Waals surface area contributed by atoms with Crippen molar-refractivity contribution in [1.29, 1.82) is 0 Å². The average Bonchev–Trinajstić information content (AvgIpc) is 2.48. The van der Waals surface area contributed by atoms with Crippen LogP contribution in [0.15, 0.2) is 40.9 Å². The Bertz CT molecular complexity index is 733. The summed E-state index contributed by atoms with van der Waals surface area (Å²) >= 11 is 3.19. The summed E-state index contributed by atoms with van der Waals surface area (Å²) in [6.07, 6.45) is 0. The SMILES string of the molecule is COC(=O)c1ccc(-c2cc(Br)ccc2F)c([N+](=O)[O-])c1. The largest absolute Gasteiger partial charge is 0.465 e. The van der Waals surface area contributed by atoms with Crippen LogP contribution >= 0.6 is 15.9 Å². The van der Waals surface area contributed by atoms with Gasteiger partial charge in [0.25, 0.3) is 5.69 Å². The van der Waals surface area contributed by atoms with Gasteiger partial charge in [0, 0.05) is 16.1 Å². The maximum absolute atomic E-state index is 13.9. The highest BCUT2D eigenvalue weighted by molar-refractivity contribution is 9.10. The molecule has 0 radical (unpaired) electrons. The number of hydrogen-bond donors (Lipinski definition) is 0. The predicted octanol–water partition coefficient (Wildman–Crippen LogP) is 3.95. The van der Waals surface area contributed by atoms with Crippen molar-refractivity contribution in [2.75, 3.05) is 7.11 Å². The van der Waals surface area contributed by atoms with Crippen LogP contribution in [0, 0.1) is 15.9 Å². The molecule has 0 spiro atoms. The molecule has 7 heteroatoms. The zero-order valence-corrected chi connectivity index (χ0v) is 12.4. The van der Waals surface area contributed by atoms with E-state index in [0.717, 1.165) is 6.07 Å². The predicted molar refractivity (Wildman–Crippen MR) is 77.5 cm³/mol. The molecule has 0 aliphatic heterocycles. The van der Waals surface area contributed by atoms with Gasteiger partial charge in [0.1, 0.15) is 5.82 Å². The average molecular weight is 354 g/mol. The molecule has 5 nitrogen and oxygen atoms in total. The number of nitro benzene ring substituents is 1. The quantitative estimate of drug-likeness (QED) is 0.475. The second-order valence-electron chi connectivity index (χ2n) is 4.10. The number of benzene rings is 2. The molecule has 108 valence electrons. The summed E-state index contributed by atoms with van der Waals surface area (Å²) in [5, 5.41) is 11.2. The number of carbonyl (C=O) groups is 1. The van der Waals surface area contributed by atoms with Gasteiger partial charge in [-0.25, -0.2) is 9.18 Å². The van der Waals surface area contributed by atoms with E-state index >= 15 is 0 Å². The number of esters is 1. The molecule has 0 aliphatic carbocycles. The molecule has 2 aromatic carbocycles. The van der Waals surface area contributed by atoms with Crippen LogP contribution in [-0.2, 0) is 4.74 Å². The Morgan fingerprint density at radius 2 is 1.95 bits per heavy atom. The van der Waals surface area contributed by atoms with Gasteiger partial charge < -0.3 is 4.74 Å². The topological polar surface area (TPSA) is 69.4 Å². The summed E-state index contributed by atoms with van der Waals surface area (Å²) in [6, 6.07) is 7.89. The lowest BCUT2D eigenvalue weighted by atomic mass is 10.0. The summed E-state index contributed by atoms with van der Waals surface area (Å²) in [4.78, 5) is 21.9. The highest BCUT2D eigenvalue weighted by Gasteiger charge is 2.21. The summed E-state index contributed by atoms with van der Waals surface area (Å²) in [7, 11) is 1.18. The van der Waals surface area contributed by atoms with Crippen LogP contribution < -0.4 is 0 Å². The number of nitro groups is 1. The van der Waals surface area contributed by atoms with E-state index in [-0.39, 0.29) is 22.4 Å². The van der Waals surface area contributed by atoms with Crippen molar-refractivity contribution < 1.29 is 18.8 Å². The number of halogens is 2. The first-order chi connectivity index (χ1) is 9.93. The standard InChI is InChI=1S/C14H9BrFNO4/c1-21-14(18)8-2-4-10(13(6-8)17(19)20)11-7-9(15)3-5-12(11)16/h2-7H,1H3. The number of ether oxygens (including phenoxy) is 1. The van der Waals surface area contributed by atoms with E-state index in [4.69, 9.17) is 0 Å². The van der Waals surface area contributed by atoms with Crippen LogP contribution in [0.25, 0.3) is 11.1 Å². The monoisotopic (exact) mass is 353 g/mol. The molecule has 2 aromatic rings. The van der Waals surface area contributed by atoms with Gasteiger partial charge in [-0.3, -0.25) is 10.1 Å². The molecule has 0 saturated carbocycles. The third kappa shape index (κ3) is 3.08. The Morgan fingerprint density at radius 3 is 2.57 bits per heavy atom. The molecule has 0 saturated heterocycles.